The molecular weight excluding hydrogens is 416 g/mol. The number of para-hydroxylation sites is 1. The number of ether oxygens (including phenoxy) is 2. The molecule has 0 spiro atoms. The van der Waals surface area contributed by atoms with Gasteiger partial charge in [-0.15, -0.1) is 11.3 Å². The second kappa shape index (κ2) is 8.85. The summed E-state index contributed by atoms with van der Waals surface area (Å²) in [4.78, 5) is 41.9. The number of benzene rings is 1. The zero-order valence-electron chi connectivity index (χ0n) is 17.3. The number of hydrogen-bond donors (Lipinski definition) is 1. The Morgan fingerprint density at radius 3 is 2.68 bits per heavy atom. The molecule has 1 N–H and O–H groups in total. The van der Waals surface area contributed by atoms with E-state index >= 15 is 0 Å². The molecule has 2 heterocycles. The summed E-state index contributed by atoms with van der Waals surface area (Å²) in [6.07, 6.45) is 2.04. The van der Waals surface area contributed by atoms with Crippen molar-refractivity contribution in [1.29, 1.82) is 0 Å². The molecular formula is C23H22N2O5S. The predicted molar refractivity (Wildman–Crippen MR) is 118 cm³/mol. The third-order valence-corrected chi connectivity index (χ3v) is 5.88. The Bertz CT molecular complexity index is 1170. The molecule has 4 rings (SSSR count). The largest absolute Gasteiger partial charge is 0.462 e. The van der Waals surface area contributed by atoms with Crippen LogP contribution in [0.5, 0.6) is 0 Å². The van der Waals surface area contributed by atoms with E-state index in [1.54, 1.807) is 26.0 Å². The van der Waals surface area contributed by atoms with Crippen LogP contribution in [-0.4, -0.2) is 36.0 Å². The molecule has 160 valence electrons. The van der Waals surface area contributed by atoms with Gasteiger partial charge in [0.25, 0.3) is 5.91 Å². The minimum Gasteiger partial charge on any atom is -0.462 e. The first-order valence-corrected chi connectivity index (χ1v) is 11.0. The number of pyridine rings is 1. The van der Waals surface area contributed by atoms with Gasteiger partial charge in [-0.25, -0.2) is 9.59 Å². The van der Waals surface area contributed by atoms with E-state index in [0.717, 1.165) is 18.4 Å². The molecule has 2 aromatic heterocycles. The molecule has 1 aliphatic carbocycles. The molecule has 1 aromatic carbocycles. The first-order chi connectivity index (χ1) is 15.0. The topological polar surface area (TPSA) is 94.6 Å². The Balaban J connectivity index is 1.46. The summed E-state index contributed by atoms with van der Waals surface area (Å²) in [6, 6.07) is 8.90. The quantitative estimate of drug-likeness (QED) is 0.548. The number of amides is 1. The molecule has 8 heteroatoms. The van der Waals surface area contributed by atoms with Crippen molar-refractivity contribution in [3.8, 4) is 0 Å². The molecule has 0 saturated heterocycles. The molecule has 7 nitrogen and oxygen atoms in total. The average molecular weight is 439 g/mol. The Morgan fingerprint density at radius 1 is 1.16 bits per heavy atom. The minimum atomic E-state index is -0.604. The van der Waals surface area contributed by atoms with Gasteiger partial charge in [-0.1, -0.05) is 18.2 Å². The molecule has 0 unspecified atom stereocenters. The Morgan fingerprint density at radius 2 is 1.94 bits per heavy atom. The van der Waals surface area contributed by atoms with Crippen molar-refractivity contribution in [2.45, 2.75) is 32.6 Å². The summed E-state index contributed by atoms with van der Waals surface area (Å²) in [5, 5.41) is 5.67. The van der Waals surface area contributed by atoms with Gasteiger partial charge in [0.1, 0.15) is 5.00 Å². The molecule has 0 radical (unpaired) electrons. The van der Waals surface area contributed by atoms with Gasteiger partial charge in [0.15, 0.2) is 6.61 Å². The number of nitrogens with zero attached hydrogens (tertiary/aromatic N) is 1. The molecule has 1 aliphatic rings. The van der Waals surface area contributed by atoms with Gasteiger partial charge in [-0.3, -0.25) is 9.78 Å². The maximum atomic E-state index is 12.6. The fourth-order valence-corrected chi connectivity index (χ4v) is 4.47. The first kappa shape index (κ1) is 21.0. The number of aromatic nitrogens is 1. The lowest BCUT2D eigenvalue weighted by molar-refractivity contribution is -0.119. The molecule has 1 fully saturated rings. The number of hydrogen-bond acceptors (Lipinski definition) is 7. The summed E-state index contributed by atoms with van der Waals surface area (Å²) in [5.74, 6) is -1.23. The van der Waals surface area contributed by atoms with Crippen LogP contribution < -0.4 is 5.32 Å². The van der Waals surface area contributed by atoms with Crippen LogP contribution >= 0.6 is 11.3 Å². The SMILES string of the molecule is CCOC(=O)c1c(C2CC2)csc1NC(=O)COC(=O)c1cc(C)nc2ccccc12. The maximum absolute atomic E-state index is 12.6. The third-order valence-electron chi connectivity index (χ3n) is 4.97. The molecule has 0 bridgehead atoms. The van der Waals surface area contributed by atoms with E-state index < -0.39 is 24.5 Å². The first-order valence-electron chi connectivity index (χ1n) is 10.1. The summed E-state index contributed by atoms with van der Waals surface area (Å²) < 4.78 is 10.4. The van der Waals surface area contributed by atoms with Crippen molar-refractivity contribution in [2.24, 2.45) is 0 Å². The fraction of sp³-hybridized carbons (Fsp3) is 0.304. The van der Waals surface area contributed by atoms with E-state index in [9.17, 15) is 14.4 Å². The summed E-state index contributed by atoms with van der Waals surface area (Å²) in [6.45, 7) is 3.32. The van der Waals surface area contributed by atoms with Gasteiger partial charge in [0.05, 0.1) is 23.3 Å². The lowest BCUT2D eigenvalue weighted by atomic mass is 10.1. The number of fused-ring (bicyclic) bond motifs is 1. The minimum absolute atomic E-state index is 0.253. The second-order valence-electron chi connectivity index (χ2n) is 7.34. The zero-order chi connectivity index (χ0) is 22.0. The van der Waals surface area contributed by atoms with Crippen LogP contribution in [0, 0.1) is 6.92 Å². The van der Waals surface area contributed by atoms with Crippen molar-refractivity contribution in [3.63, 3.8) is 0 Å². The molecule has 1 amide bonds. The van der Waals surface area contributed by atoms with Gasteiger partial charge in [-0.05, 0) is 55.7 Å². The van der Waals surface area contributed by atoms with Gasteiger partial charge in [0.2, 0.25) is 0 Å². The van der Waals surface area contributed by atoms with Crippen LogP contribution in [0.3, 0.4) is 0 Å². The Labute approximate surface area is 183 Å². The van der Waals surface area contributed by atoms with Crippen molar-refractivity contribution < 1.29 is 23.9 Å². The highest BCUT2D eigenvalue weighted by Crippen LogP contribution is 2.46. The van der Waals surface area contributed by atoms with Gasteiger partial charge in [-0.2, -0.15) is 0 Å². The molecule has 1 saturated carbocycles. The van der Waals surface area contributed by atoms with E-state index in [-0.39, 0.29) is 6.61 Å². The highest BCUT2D eigenvalue weighted by atomic mass is 32.1. The van der Waals surface area contributed by atoms with Crippen LogP contribution in [0.15, 0.2) is 35.7 Å². The molecule has 0 aliphatic heterocycles. The van der Waals surface area contributed by atoms with Crippen molar-refractivity contribution >= 4 is 45.1 Å². The van der Waals surface area contributed by atoms with E-state index in [4.69, 9.17) is 9.47 Å². The van der Waals surface area contributed by atoms with Gasteiger partial charge < -0.3 is 14.8 Å². The summed E-state index contributed by atoms with van der Waals surface area (Å²) in [7, 11) is 0. The van der Waals surface area contributed by atoms with Crippen molar-refractivity contribution in [3.05, 3.63) is 58.1 Å². The van der Waals surface area contributed by atoms with Crippen molar-refractivity contribution in [2.75, 3.05) is 18.5 Å². The maximum Gasteiger partial charge on any atom is 0.341 e. The number of carbonyl (C=O) groups is 3. The van der Waals surface area contributed by atoms with E-state index in [0.29, 0.717) is 38.6 Å². The van der Waals surface area contributed by atoms with Gasteiger partial charge >= 0.3 is 11.9 Å². The average Bonchev–Trinajstić information content (AvgIpc) is 3.51. The number of anilines is 1. The fourth-order valence-electron chi connectivity index (χ4n) is 3.42. The monoisotopic (exact) mass is 438 g/mol. The highest BCUT2D eigenvalue weighted by Gasteiger charge is 2.32. The van der Waals surface area contributed by atoms with E-state index in [2.05, 4.69) is 10.3 Å². The lowest BCUT2D eigenvalue weighted by Crippen LogP contribution is -2.22. The van der Waals surface area contributed by atoms with Crippen LogP contribution in [0.1, 0.15) is 57.7 Å². The van der Waals surface area contributed by atoms with Crippen molar-refractivity contribution in [1.82, 2.24) is 4.98 Å². The Hall–Kier alpha value is -3.26. The number of aryl methyl sites for hydroxylation is 1. The van der Waals surface area contributed by atoms with Gasteiger partial charge in [0, 0.05) is 11.1 Å². The van der Waals surface area contributed by atoms with Crippen LogP contribution in [0.25, 0.3) is 10.9 Å². The standard InChI is InChI=1S/C23H22N2O5S/c1-3-29-23(28)20-17(14-8-9-14)12-31-21(20)25-19(26)11-30-22(27)16-10-13(2)24-18-7-5-4-6-15(16)18/h4-7,10,12,14H,3,8-9,11H2,1-2H3,(H,25,26). The molecule has 0 atom stereocenters. The lowest BCUT2D eigenvalue weighted by Gasteiger charge is -2.10. The predicted octanol–water partition coefficient (Wildman–Crippen LogP) is 4.45. The number of rotatable bonds is 7. The van der Waals surface area contributed by atoms with Crippen LogP contribution in [0.2, 0.25) is 0 Å². The third kappa shape index (κ3) is 4.59. The Kier molecular flexibility index (Phi) is 5.99. The van der Waals surface area contributed by atoms with E-state index in [1.807, 2.05) is 23.6 Å². The van der Waals surface area contributed by atoms with Crippen LogP contribution in [-0.2, 0) is 14.3 Å². The smallest absolute Gasteiger partial charge is 0.341 e. The summed E-state index contributed by atoms with van der Waals surface area (Å²) in [5.41, 5.74) is 3.04. The summed E-state index contributed by atoms with van der Waals surface area (Å²) >= 11 is 1.28. The second-order valence-corrected chi connectivity index (χ2v) is 8.22. The molecule has 3 aromatic rings. The number of carbonyl (C=O) groups excluding carboxylic acids is 3. The highest BCUT2D eigenvalue weighted by molar-refractivity contribution is 7.15. The van der Waals surface area contributed by atoms with Crippen LogP contribution in [0.4, 0.5) is 5.00 Å². The van der Waals surface area contributed by atoms with E-state index in [1.165, 1.54) is 11.3 Å². The number of thiophene rings is 1. The number of esters is 2. The molecule has 31 heavy (non-hydrogen) atoms. The number of nitrogens with one attached hydrogen (secondary N) is 1. The normalized spacial score (nSPS) is 13.1. The zero-order valence-corrected chi connectivity index (χ0v) is 18.1.